The van der Waals surface area contributed by atoms with Crippen LogP contribution in [0.5, 0.6) is 0 Å². The van der Waals surface area contributed by atoms with E-state index in [2.05, 4.69) is 13.8 Å². The van der Waals surface area contributed by atoms with Crippen molar-refractivity contribution in [2.75, 3.05) is 0 Å². The van der Waals surface area contributed by atoms with Gasteiger partial charge in [0, 0.05) is 11.4 Å². The first-order valence-electron chi connectivity index (χ1n) is 6.08. The maximum atomic E-state index is 10.5. The third-order valence-corrected chi connectivity index (χ3v) is 3.45. The number of carboxylic acids is 1. The minimum atomic E-state index is -0.773. The predicted molar refractivity (Wildman–Crippen MR) is 70.7 cm³/mol. The van der Waals surface area contributed by atoms with E-state index in [1.165, 1.54) is 5.56 Å². The SMILES string of the molecule is CCC(CC)c1ccc(CCC(=O)O)cc1Cl. The van der Waals surface area contributed by atoms with E-state index in [4.69, 9.17) is 16.7 Å². The van der Waals surface area contributed by atoms with Crippen LogP contribution in [0.4, 0.5) is 0 Å². The van der Waals surface area contributed by atoms with Crippen molar-refractivity contribution >= 4 is 17.6 Å². The number of aryl methyl sites for hydroxylation is 1. The fourth-order valence-corrected chi connectivity index (χ4v) is 2.39. The molecule has 0 aliphatic heterocycles. The highest BCUT2D eigenvalue weighted by atomic mass is 35.5. The van der Waals surface area contributed by atoms with E-state index in [0.29, 0.717) is 12.3 Å². The largest absolute Gasteiger partial charge is 0.481 e. The molecule has 0 radical (unpaired) electrons. The maximum absolute atomic E-state index is 10.5. The van der Waals surface area contributed by atoms with E-state index in [9.17, 15) is 4.79 Å². The van der Waals surface area contributed by atoms with E-state index in [1.54, 1.807) is 0 Å². The van der Waals surface area contributed by atoms with Gasteiger partial charge in [-0.15, -0.1) is 0 Å². The minimum absolute atomic E-state index is 0.153. The Bertz CT molecular complexity index is 384. The number of halogens is 1. The molecular formula is C14H19ClO2. The molecule has 1 aromatic carbocycles. The lowest BCUT2D eigenvalue weighted by molar-refractivity contribution is -0.136. The third-order valence-electron chi connectivity index (χ3n) is 3.12. The summed E-state index contributed by atoms with van der Waals surface area (Å²) in [6.07, 6.45) is 2.84. The second-order valence-electron chi connectivity index (χ2n) is 4.26. The summed E-state index contributed by atoms with van der Waals surface area (Å²) < 4.78 is 0. The first-order chi connectivity index (χ1) is 8.08. The highest BCUT2D eigenvalue weighted by Gasteiger charge is 2.11. The van der Waals surface area contributed by atoms with E-state index in [-0.39, 0.29) is 6.42 Å². The summed E-state index contributed by atoms with van der Waals surface area (Å²) in [6.45, 7) is 4.31. The number of carboxylic acid groups (broad SMARTS) is 1. The maximum Gasteiger partial charge on any atom is 0.303 e. The lowest BCUT2D eigenvalue weighted by atomic mass is 9.92. The lowest BCUT2D eigenvalue weighted by Crippen LogP contribution is -2.00. The number of hydrogen-bond donors (Lipinski definition) is 1. The van der Waals surface area contributed by atoms with E-state index < -0.39 is 5.97 Å². The van der Waals surface area contributed by atoms with Gasteiger partial charge in [0.15, 0.2) is 0 Å². The average molecular weight is 255 g/mol. The summed E-state index contributed by atoms with van der Waals surface area (Å²) in [7, 11) is 0. The topological polar surface area (TPSA) is 37.3 Å². The highest BCUT2D eigenvalue weighted by Crippen LogP contribution is 2.30. The summed E-state index contributed by atoms with van der Waals surface area (Å²) in [5.41, 5.74) is 2.17. The molecule has 94 valence electrons. The minimum Gasteiger partial charge on any atom is -0.481 e. The van der Waals surface area contributed by atoms with Crippen LogP contribution in [0.15, 0.2) is 18.2 Å². The normalized spacial score (nSPS) is 10.8. The smallest absolute Gasteiger partial charge is 0.303 e. The molecule has 0 aliphatic rings. The molecule has 1 aromatic rings. The molecule has 0 fully saturated rings. The molecule has 3 heteroatoms. The van der Waals surface area contributed by atoms with Crippen LogP contribution in [-0.2, 0) is 11.2 Å². The Morgan fingerprint density at radius 3 is 2.47 bits per heavy atom. The zero-order valence-electron chi connectivity index (χ0n) is 10.4. The molecule has 0 spiro atoms. The van der Waals surface area contributed by atoms with Crippen molar-refractivity contribution < 1.29 is 9.90 Å². The van der Waals surface area contributed by atoms with Gasteiger partial charge in [0.1, 0.15) is 0 Å². The van der Waals surface area contributed by atoms with Crippen LogP contribution in [0.3, 0.4) is 0 Å². The second kappa shape index (κ2) is 6.65. The molecular weight excluding hydrogens is 236 g/mol. The van der Waals surface area contributed by atoms with Crippen molar-refractivity contribution in [3.05, 3.63) is 34.3 Å². The molecule has 0 atom stereocenters. The van der Waals surface area contributed by atoms with Gasteiger partial charge in [-0.05, 0) is 42.4 Å². The van der Waals surface area contributed by atoms with Crippen LogP contribution in [-0.4, -0.2) is 11.1 Å². The van der Waals surface area contributed by atoms with Crippen LogP contribution >= 0.6 is 11.6 Å². The predicted octanol–water partition coefficient (Wildman–Crippen LogP) is 4.26. The summed E-state index contributed by atoms with van der Waals surface area (Å²) >= 11 is 6.25. The summed E-state index contributed by atoms with van der Waals surface area (Å²) in [6, 6.07) is 5.93. The Labute approximate surface area is 108 Å². The Morgan fingerprint density at radius 1 is 1.35 bits per heavy atom. The van der Waals surface area contributed by atoms with Gasteiger partial charge in [0.05, 0.1) is 0 Å². The molecule has 0 saturated carbocycles. The van der Waals surface area contributed by atoms with Gasteiger partial charge in [0.25, 0.3) is 0 Å². The first kappa shape index (κ1) is 14.0. The van der Waals surface area contributed by atoms with Gasteiger partial charge in [-0.3, -0.25) is 4.79 Å². The molecule has 0 bridgehead atoms. The molecule has 0 heterocycles. The van der Waals surface area contributed by atoms with Crippen molar-refractivity contribution in [1.82, 2.24) is 0 Å². The zero-order valence-corrected chi connectivity index (χ0v) is 11.1. The van der Waals surface area contributed by atoms with Crippen LogP contribution in [0.1, 0.15) is 50.2 Å². The summed E-state index contributed by atoms with van der Waals surface area (Å²) in [5, 5.41) is 9.40. The Hall–Kier alpha value is -1.02. The molecule has 1 rings (SSSR count). The fraction of sp³-hybridized carbons (Fsp3) is 0.500. The molecule has 1 N–H and O–H groups in total. The molecule has 0 aliphatic carbocycles. The van der Waals surface area contributed by atoms with Crippen LogP contribution in [0, 0.1) is 0 Å². The second-order valence-corrected chi connectivity index (χ2v) is 4.67. The van der Waals surface area contributed by atoms with Gasteiger partial charge in [-0.2, -0.15) is 0 Å². The first-order valence-corrected chi connectivity index (χ1v) is 6.46. The Morgan fingerprint density at radius 2 is 2.00 bits per heavy atom. The van der Waals surface area contributed by atoms with E-state index >= 15 is 0 Å². The average Bonchev–Trinajstić information content (AvgIpc) is 2.30. The highest BCUT2D eigenvalue weighted by molar-refractivity contribution is 6.31. The third kappa shape index (κ3) is 4.04. The molecule has 0 amide bonds. The number of carbonyl (C=O) groups is 1. The fourth-order valence-electron chi connectivity index (χ4n) is 2.04. The van der Waals surface area contributed by atoms with Crippen LogP contribution in [0.25, 0.3) is 0 Å². The van der Waals surface area contributed by atoms with Gasteiger partial charge in [-0.1, -0.05) is 37.6 Å². The van der Waals surface area contributed by atoms with E-state index in [0.717, 1.165) is 23.4 Å². The van der Waals surface area contributed by atoms with Gasteiger partial charge >= 0.3 is 5.97 Å². The Kier molecular flexibility index (Phi) is 5.49. The number of aliphatic carboxylic acids is 1. The Balaban J connectivity index is 2.82. The molecule has 0 unspecified atom stereocenters. The molecule has 0 saturated heterocycles. The number of benzene rings is 1. The van der Waals surface area contributed by atoms with Crippen molar-refractivity contribution in [2.24, 2.45) is 0 Å². The summed E-state index contributed by atoms with van der Waals surface area (Å²) in [5.74, 6) is -0.277. The molecule has 17 heavy (non-hydrogen) atoms. The van der Waals surface area contributed by atoms with Crippen LogP contribution < -0.4 is 0 Å². The lowest BCUT2D eigenvalue weighted by Gasteiger charge is -2.15. The van der Waals surface area contributed by atoms with Gasteiger partial charge < -0.3 is 5.11 Å². The monoisotopic (exact) mass is 254 g/mol. The van der Waals surface area contributed by atoms with Crippen molar-refractivity contribution in [3.8, 4) is 0 Å². The van der Waals surface area contributed by atoms with Crippen molar-refractivity contribution in [1.29, 1.82) is 0 Å². The quantitative estimate of drug-likeness (QED) is 0.824. The van der Waals surface area contributed by atoms with E-state index in [1.807, 2.05) is 18.2 Å². The standard InChI is InChI=1S/C14H19ClO2/c1-3-11(4-2)12-7-5-10(9-13(12)15)6-8-14(16)17/h5,7,9,11H,3-4,6,8H2,1-2H3,(H,16,17). The number of hydrogen-bond acceptors (Lipinski definition) is 1. The number of rotatable bonds is 6. The summed E-state index contributed by atoms with van der Waals surface area (Å²) in [4.78, 5) is 10.5. The van der Waals surface area contributed by atoms with Crippen molar-refractivity contribution in [2.45, 2.75) is 45.4 Å². The van der Waals surface area contributed by atoms with Crippen LogP contribution in [0.2, 0.25) is 5.02 Å². The van der Waals surface area contributed by atoms with Crippen molar-refractivity contribution in [3.63, 3.8) is 0 Å². The van der Waals surface area contributed by atoms with Gasteiger partial charge in [-0.25, -0.2) is 0 Å². The molecule has 2 nitrogen and oxygen atoms in total. The molecule has 0 aromatic heterocycles. The van der Waals surface area contributed by atoms with Gasteiger partial charge in [0.2, 0.25) is 0 Å². The zero-order chi connectivity index (χ0) is 12.8.